The zero-order valence-electron chi connectivity index (χ0n) is 16.4. The molecule has 0 radical (unpaired) electrons. The molecule has 5 nitrogen and oxygen atoms in total. The molecule has 0 spiro atoms. The topological polar surface area (TPSA) is 71.3 Å². The third-order valence-electron chi connectivity index (χ3n) is 6.85. The third-order valence-corrected chi connectivity index (χ3v) is 6.85. The molecule has 0 saturated heterocycles. The van der Waals surface area contributed by atoms with Crippen molar-refractivity contribution in [2.75, 3.05) is 10.6 Å². The summed E-state index contributed by atoms with van der Waals surface area (Å²) in [5.74, 6) is 2.75. The summed E-state index contributed by atoms with van der Waals surface area (Å²) in [4.78, 5) is 25.4. The minimum Gasteiger partial charge on any atom is -0.465 e. The van der Waals surface area contributed by atoms with Crippen molar-refractivity contribution >= 4 is 29.3 Å². The van der Waals surface area contributed by atoms with Gasteiger partial charge in [0.15, 0.2) is 0 Å². The summed E-state index contributed by atoms with van der Waals surface area (Å²) in [6.45, 7) is 0. The Morgan fingerprint density at radius 1 is 0.931 bits per heavy atom. The standard InChI is InChI=1S/C24H26N2O3/c27-22(7-6-21-5-2-8-29-21)25-19-3-1-4-20(12-19)26-23(28)24-13-16-9-17(14-24)11-18(10-16)15-24/h1-8,12,16-18H,9-11,13-15H2,(H,25,27)(H,26,28). The summed E-state index contributed by atoms with van der Waals surface area (Å²) in [6.07, 6.45) is 11.7. The molecule has 5 heteroatoms. The highest BCUT2D eigenvalue weighted by atomic mass is 16.3. The largest absolute Gasteiger partial charge is 0.465 e. The van der Waals surface area contributed by atoms with Crippen LogP contribution < -0.4 is 10.6 Å². The lowest BCUT2D eigenvalue weighted by atomic mass is 9.49. The average Bonchev–Trinajstić information content (AvgIpc) is 3.19. The maximum absolute atomic E-state index is 13.2. The van der Waals surface area contributed by atoms with Gasteiger partial charge in [-0.2, -0.15) is 0 Å². The zero-order valence-corrected chi connectivity index (χ0v) is 16.4. The molecule has 6 rings (SSSR count). The van der Waals surface area contributed by atoms with E-state index < -0.39 is 0 Å². The van der Waals surface area contributed by atoms with Crippen LogP contribution in [0, 0.1) is 23.2 Å². The van der Waals surface area contributed by atoms with Gasteiger partial charge in [0, 0.05) is 17.5 Å². The zero-order chi connectivity index (χ0) is 19.8. The van der Waals surface area contributed by atoms with Gasteiger partial charge in [0.1, 0.15) is 5.76 Å². The van der Waals surface area contributed by atoms with E-state index in [4.69, 9.17) is 4.42 Å². The van der Waals surface area contributed by atoms with Gasteiger partial charge < -0.3 is 15.1 Å². The summed E-state index contributed by atoms with van der Waals surface area (Å²) in [6, 6.07) is 10.9. The fraction of sp³-hybridized carbons (Fsp3) is 0.417. The van der Waals surface area contributed by atoms with Gasteiger partial charge in [-0.15, -0.1) is 0 Å². The van der Waals surface area contributed by atoms with E-state index in [0.29, 0.717) is 11.4 Å². The lowest BCUT2D eigenvalue weighted by Gasteiger charge is -2.55. The van der Waals surface area contributed by atoms with E-state index in [1.54, 1.807) is 24.5 Å². The number of carbonyl (C=O) groups excluding carboxylic acids is 2. The first-order valence-corrected chi connectivity index (χ1v) is 10.5. The Morgan fingerprint density at radius 3 is 2.21 bits per heavy atom. The Bertz CT molecular complexity index is 910. The van der Waals surface area contributed by atoms with Gasteiger partial charge in [-0.05, 0) is 92.7 Å². The first-order valence-electron chi connectivity index (χ1n) is 10.5. The summed E-state index contributed by atoms with van der Waals surface area (Å²) in [5, 5.41) is 5.98. The van der Waals surface area contributed by atoms with Crippen LogP contribution in [0.25, 0.3) is 6.08 Å². The Hall–Kier alpha value is -2.82. The summed E-state index contributed by atoms with van der Waals surface area (Å²) < 4.78 is 5.18. The first kappa shape index (κ1) is 18.2. The van der Waals surface area contributed by atoms with E-state index in [2.05, 4.69) is 10.6 Å². The monoisotopic (exact) mass is 390 g/mol. The third kappa shape index (κ3) is 3.74. The highest BCUT2D eigenvalue weighted by Gasteiger charge is 2.54. The molecule has 4 saturated carbocycles. The predicted molar refractivity (Wildman–Crippen MR) is 112 cm³/mol. The maximum Gasteiger partial charge on any atom is 0.248 e. The highest BCUT2D eigenvalue weighted by Crippen LogP contribution is 2.60. The molecule has 1 aromatic heterocycles. The van der Waals surface area contributed by atoms with E-state index in [9.17, 15) is 9.59 Å². The summed E-state index contributed by atoms with van der Waals surface area (Å²) >= 11 is 0. The van der Waals surface area contributed by atoms with Gasteiger partial charge in [0.05, 0.1) is 11.7 Å². The van der Waals surface area contributed by atoms with E-state index in [-0.39, 0.29) is 17.2 Å². The van der Waals surface area contributed by atoms with Crippen LogP contribution in [0.2, 0.25) is 0 Å². The molecule has 29 heavy (non-hydrogen) atoms. The molecule has 0 atom stereocenters. The number of carbonyl (C=O) groups is 2. The molecule has 1 aromatic carbocycles. The van der Waals surface area contributed by atoms with Crippen LogP contribution in [-0.4, -0.2) is 11.8 Å². The minimum absolute atomic E-state index is 0.165. The van der Waals surface area contributed by atoms with Crippen molar-refractivity contribution in [3.8, 4) is 0 Å². The molecule has 2 amide bonds. The maximum atomic E-state index is 13.2. The van der Waals surface area contributed by atoms with Gasteiger partial charge in [-0.25, -0.2) is 0 Å². The lowest BCUT2D eigenvalue weighted by molar-refractivity contribution is -0.140. The van der Waals surface area contributed by atoms with Crippen LogP contribution in [0.15, 0.2) is 53.2 Å². The van der Waals surface area contributed by atoms with Crippen LogP contribution >= 0.6 is 0 Å². The first-order chi connectivity index (χ1) is 14.1. The quantitative estimate of drug-likeness (QED) is 0.699. The number of hydrogen-bond donors (Lipinski definition) is 2. The fourth-order valence-electron chi connectivity index (χ4n) is 6.05. The number of benzene rings is 1. The van der Waals surface area contributed by atoms with E-state index in [1.807, 2.05) is 24.3 Å². The Kier molecular flexibility index (Phi) is 4.53. The number of hydrogen-bond acceptors (Lipinski definition) is 3. The van der Waals surface area contributed by atoms with Gasteiger partial charge in [-0.1, -0.05) is 6.07 Å². The van der Waals surface area contributed by atoms with Gasteiger partial charge in [0.25, 0.3) is 0 Å². The van der Waals surface area contributed by atoms with Crippen molar-refractivity contribution < 1.29 is 14.0 Å². The van der Waals surface area contributed by atoms with Crippen LogP contribution in [-0.2, 0) is 9.59 Å². The SMILES string of the molecule is O=C(C=Cc1ccco1)Nc1cccc(NC(=O)C23CC4CC(CC(C4)C2)C3)c1. The number of amides is 2. The average molecular weight is 390 g/mol. The molecule has 4 bridgehead atoms. The molecule has 4 aliphatic rings. The normalized spacial score (nSPS) is 29.9. The number of nitrogens with one attached hydrogen (secondary N) is 2. The number of furan rings is 1. The Balaban J connectivity index is 1.24. The molecular formula is C24H26N2O3. The molecule has 2 N–H and O–H groups in total. The Labute approximate surface area is 170 Å². The molecular weight excluding hydrogens is 364 g/mol. The molecule has 0 unspecified atom stereocenters. The fourth-order valence-corrected chi connectivity index (χ4v) is 6.05. The van der Waals surface area contributed by atoms with Crippen molar-refractivity contribution in [3.63, 3.8) is 0 Å². The second-order valence-electron chi connectivity index (χ2n) is 9.07. The van der Waals surface area contributed by atoms with Crippen molar-refractivity contribution in [3.05, 3.63) is 54.5 Å². The second kappa shape index (κ2) is 7.21. The molecule has 0 aliphatic heterocycles. The van der Waals surface area contributed by atoms with E-state index >= 15 is 0 Å². The Morgan fingerprint density at radius 2 is 1.59 bits per heavy atom. The van der Waals surface area contributed by atoms with Crippen LogP contribution in [0.4, 0.5) is 11.4 Å². The second-order valence-corrected chi connectivity index (χ2v) is 9.07. The van der Waals surface area contributed by atoms with Crippen molar-refractivity contribution in [2.24, 2.45) is 23.2 Å². The van der Waals surface area contributed by atoms with E-state index in [0.717, 1.165) is 42.7 Å². The van der Waals surface area contributed by atoms with Crippen LogP contribution in [0.3, 0.4) is 0 Å². The van der Waals surface area contributed by atoms with E-state index in [1.165, 1.54) is 25.3 Å². The van der Waals surface area contributed by atoms with Gasteiger partial charge >= 0.3 is 0 Å². The lowest BCUT2D eigenvalue weighted by Crippen LogP contribution is -2.51. The van der Waals surface area contributed by atoms with Crippen molar-refractivity contribution in [2.45, 2.75) is 38.5 Å². The van der Waals surface area contributed by atoms with Crippen molar-refractivity contribution in [1.29, 1.82) is 0 Å². The predicted octanol–water partition coefficient (Wildman–Crippen LogP) is 5.09. The molecule has 4 fully saturated rings. The minimum atomic E-state index is -0.244. The number of anilines is 2. The summed E-state index contributed by atoms with van der Waals surface area (Å²) in [7, 11) is 0. The molecule has 1 heterocycles. The highest BCUT2D eigenvalue weighted by molar-refractivity contribution is 6.02. The molecule has 4 aliphatic carbocycles. The van der Waals surface area contributed by atoms with Gasteiger partial charge in [-0.3, -0.25) is 9.59 Å². The smallest absolute Gasteiger partial charge is 0.248 e. The van der Waals surface area contributed by atoms with Crippen LogP contribution in [0.5, 0.6) is 0 Å². The molecule has 2 aromatic rings. The van der Waals surface area contributed by atoms with Gasteiger partial charge in [0.2, 0.25) is 11.8 Å². The van der Waals surface area contributed by atoms with Crippen LogP contribution in [0.1, 0.15) is 44.3 Å². The number of rotatable bonds is 5. The van der Waals surface area contributed by atoms with Crippen molar-refractivity contribution in [1.82, 2.24) is 0 Å². The molecule has 150 valence electrons. The summed E-state index contributed by atoms with van der Waals surface area (Å²) in [5.41, 5.74) is 1.21.